The number of amides is 1. The lowest BCUT2D eigenvalue weighted by Crippen LogP contribution is -2.30. The maximum atomic E-state index is 12.5. The molecule has 118 valence electrons. The number of hydrogen-bond acceptors (Lipinski definition) is 6. The number of aromatic nitrogens is 3. The maximum absolute atomic E-state index is 12.5. The summed E-state index contributed by atoms with van der Waals surface area (Å²) in [6.45, 7) is 1.53. The number of carbonyl (C=O) groups excluding carboxylic acids is 1. The second kappa shape index (κ2) is 5.08. The van der Waals surface area contributed by atoms with E-state index in [2.05, 4.69) is 15.4 Å². The van der Waals surface area contributed by atoms with Crippen molar-refractivity contribution in [3.63, 3.8) is 0 Å². The summed E-state index contributed by atoms with van der Waals surface area (Å²) in [5, 5.41) is 7.08. The van der Waals surface area contributed by atoms with Crippen molar-refractivity contribution in [3.05, 3.63) is 40.3 Å². The van der Waals surface area contributed by atoms with Gasteiger partial charge in [-0.05, 0) is 25.8 Å². The number of oxazole rings is 1. The van der Waals surface area contributed by atoms with Gasteiger partial charge in [-0.2, -0.15) is 5.10 Å². The normalized spacial score (nSPS) is 14.3. The van der Waals surface area contributed by atoms with Crippen molar-refractivity contribution in [2.45, 2.75) is 32.2 Å². The van der Waals surface area contributed by atoms with Gasteiger partial charge in [0.05, 0.1) is 11.6 Å². The van der Waals surface area contributed by atoms with Crippen LogP contribution in [0.5, 0.6) is 0 Å². The molecule has 0 spiro atoms. The molecule has 1 N–H and O–H groups in total. The Kier molecular flexibility index (Phi) is 3.03. The van der Waals surface area contributed by atoms with Gasteiger partial charge in [-0.3, -0.25) is 14.9 Å². The highest BCUT2D eigenvalue weighted by molar-refractivity contribution is 5.88. The van der Waals surface area contributed by atoms with E-state index in [0.717, 1.165) is 23.3 Å². The molecule has 0 saturated heterocycles. The monoisotopic (exact) mass is 314 g/mol. The van der Waals surface area contributed by atoms with Crippen molar-refractivity contribution in [1.82, 2.24) is 14.8 Å². The molecule has 0 atom stereocenters. The summed E-state index contributed by atoms with van der Waals surface area (Å²) >= 11 is 0. The third-order valence-corrected chi connectivity index (χ3v) is 3.77. The van der Waals surface area contributed by atoms with E-state index in [4.69, 9.17) is 8.83 Å². The van der Waals surface area contributed by atoms with Crippen LogP contribution in [0, 0.1) is 6.92 Å². The lowest BCUT2D eigenvalue weighted by atomic mass is 10.2. The smallest absolute Gasteiger partial charge is 0.301 e. The van der Waals surface area contributed by atoms with Gasteiger partial charge in [0.2, 0.25) is 5.91 Å². The Labute approximate surface area is 130 Å². The standard InChI is InChI=1S/C15H14N4O4/c1-8-13-10(6-11(23-13)9-2-3-9)14(21)19(18-8)7-12(20)17-15-16-4-5-22-15/h4-6,9H,2-3,7H2,1H3,(H,16,17,20). The minimum absolute atomic E-state index is 0.0835. The third kappa shape index (κ3) is 2.52. The average Bonchev–Trinajstić information content (AvgIpc) is 3.06. The highest BCUT2D eigenvalue weighted by atomic mass is 16.4. The van der Waals surface area contributed by atoms with Gasteiger partial charge in [0.1, 0.15) is 24.3 Å². The van der Waals surface area contributed by atoms with Crippen molar-refractivity contribution in [2.75, 3.05) is 5.32 Å². The molecule has 0 bridgehead atoms. The zero-order chi connectivity index (χ0) is 16.0. The van der Waals surface area contributed by atoms with Gasteiger partial charge in [0, 0.05) is 5.92 Å². The lowest BCUT2D eigenvalue weighted by molar-refractivity contribution is -0.117. The highest BCUT2D eigenvalue weighted by Gasteiger charge is 2.28. The van der Waals surface area contributed by atoms with E-state index >= 15 is 0 Å². The predicted octanol–water partition coefficient (Wildman–Crippen LogP) is 1.80. The van der Waals surface area contributed by atoms with E-state index in [1.807, 2.05) is 0 Å². The molecule has 1 aliphatic rings. The fourth-order valence-corrected chi connectivity index (χ4v) is 2.50. The molecule has 8 nitrogen and oxygen atoms in total. The Morgan fingerprint density at radius 2 is 2.30 bits per heavy atom. The number of nitrogens with one attached hydrogen (secondary N) is 1. The molecule has 1 saturated carbocycles. The van der Waals surface area contributed by atoms with Crippen LogP contribution >= 0.6 is 0 Å². The zero-order valence-corrected chi connectivity index (χ0v) is 12.4. The summed E-state index contributed by atoms with van der Waals surface area (Å²) in [4.78, 5) is 28.3. The molecule has 0 unspecified atom stereocenters. The summed E-state index contributed by atoms with van der Waals surface area (Å²) in [7, 11) is 0. The first-order valence-electron chi connectivity index (χ1n) is 7.32. The van der Waals surface area contributed by atoms with Gasteiger partial charge in [0.25, 0.3) is 5.56 Å². The fourth-order valence-electron chi connectivity index (χ4n) is 2.50. The number of nitrogens with zero attached hydrogens (tertiary/aromatic N) is 3. The molecular weight excluding hydrogens is 300 g/mol. The van der Waals surface area contributed by atoms with Crippen LogP contribution in [-0.4, -0.2) is 20.7 Å². The van der Waals surface area contributed by atoms with E-state index in [1.165, 1.54) is 12.5 Å². The first kappa shape index (κ1) is 13.7. The number of furan rings is 1. The van der Waals surface area contributed by atoms with Gasteiger partial charge in [-0.1, -0.05) is 0 Å². The summed E-state index contributed by atoms with van der Waals surface area (Å²) < 4.78 is 11.8. The quantitative estimate of drug-likeness (QED) is 0.787. The molecule has 1 fully saturated rings. The SMILES string of the molecule is Cc1nn(CC(=O)Nc2ncco2)c(=O)c2cc(C3CC3)oc12. The number of carbonyl (C=O) groups is 1. The van der Waals surface area contributed by atoms with E-state index in [0.29, 0.717) is 22.6 Å². The third-order valence-electron chi connectivity index (χ3n) is 3.77. The molecule has 0 aromatic carbocycles. The van der Waals surface area contributed by atoms with E-state index in [9.17, 15) is 9.59 Å². The second-order valence-electron chi connectivity index (χ2n) is 5.60. The van der Waals surface area contributed by atoms with Gasteiger partial charge in [-0.15, -0.1) is 0 Å². The van der Waals surface area contributed by atoms with Gasteiger partial charge in [-0.25, -0.2) is 9.67 Å². The Morgan fingerprint density at radius 3 is 3.00 bits per heavy atom. The maximum Gasteiger partial charge on any atom is 0.301 e. The molecule has 23 heavy (non-hydrogen) atoms. The lowest BCUT2D eigenvalue weighted by Gasteiger charge is -2.05. The van der Waals surface area contributed by atoms with Gasteiger partial charge >= 0.3 is 6.01 Å². The number of anilines is 1. The molecule has 3 aromatic rings. The molecule has 8 heteroatoms. The zero-order valence-electron chi connectivity index (χ0n) is 12.4. The minimum Gasteiger partial charge on any atom is -0.459 e. The molecular formula is C15H14N4O4. The molecule has 0 aliphatic heterocycles. The summed E-state index contributed by atoms with van der Waals surface area (Å²) in [6, 6.07) is 1.85. The minimum atomic E-state index is -0.438. The Bertz CT molecular complexity index is 934. The van der Waals surface area contributed by atoms with Crippen LogP contribution in [0.3, 0.4) is 0 Å². The van der Waals surface area contributed by atoms with Crippen LogP contribution in [-0.2, 0) is 11.3 Å². The Hall–Kier alpha value is -2.90. The van der Waals surface area contributed by atoms with Crippen molar-refractivity contribution in [1.29, 1.82) is 0 Å². The predicted molar refractivity (Wildman–Crippen MR) is 80.1 cm³/mol. The topological polar surface area (TPSA) is 103 Å². The van der Waals surface area contributed by atoms with E-state index < -0.39 is 5.91 Å². The van der Waals surface area contributed by atoms with Crippen molar-refractivity contribution >= 4 is 22.9 Å². The molecule has 3 aromatic heterocycles. The van der Waals surface area contributed by atoms with Gasteiger partial charge < -0.3 is 8.83 Å². The van der Waals surface area contributed by atoms with Crippen LogP contribution in [0.4, 0.5) is 6.01 Å². The first-order chi connectivity index (χ1) is 11.1. The highest BCUT2D eigenvalue weighted by Crippen LogP contribution is 2.41. The van der Waals surface area contributed by atoms with E-state index in [1.54, 1.807) is 13.0 Å². The summed E-state index contributed by atoms with van der Waals surface area (Å²) in [5.74, 6) is 0.790. The molecule has 0 radical (unpaired) electrons. The first-order valence-corrected chi connectivity index (χ1v) is 7.32. The number of aryl methyl sites for hydroxylation is 1. The Balaban J connectivity index is 1.65. The number of fused-ring (bicyclic) bond motifs is 1. The molecule has 1 aliphatic carbocycles. The largest absolute Gasteiger partial charge is 0.459 e. The summed E-state index contributed by atoms with van der Waals surface area (Å²) in [6.07, 6.45) is 4.93. The molecule has 3 heterocycles. The average molecular weight is 314 g/mol. The molecule has 1 amide bonds. The van der Waals surface area contributed by atoms with Crippen LogP contribution in [0.15, 0.2) is 32.2 Å². The van der Waals surface area contributed by atoms with Crippen LogP contribution in [0.2, 0.25) is 0 Å². The fraction of sp³-hybridized carbons (Fsp3) is 0.333. The summed E-state index contributed by atoms with van der Waals surface area (Å²) in [5.41, 5.74) is 0.737. The van der Waals surface area contributed by atoms with Crippen LogP contribution in [0.25, 0.3) is 11.0 Å². The number of rotatable bonds is 4. The van der Waals surface area contributed by atoms with Crippen molar-refractivity contribution in [2.24, 2.45) is 0 Å². The van der Waals surface area contributed by atoms with Crippen LogP contribution < -0.4 is 10.9 Å². The Morgan fingerprint density at radius 1 is 1.48 bits per heavy atom. The number of hydrogen-bond donors (Lipinski definition) is 1. The second-order valence-corrected chi connectivity index (χ2v) is 5.60. The van der Waals surface area contributed by atoms with Crippen molar-refractivity contribution in [3.8, 4) is 0 Å². The molecule has 4 rings (SSSR count). The van der Waals surface area contributed by atoms with E-state index in [-0.39, 0.29) is 18.1 Å². The van der Waals surface area contributed by atoms with Gasteiger partial charge in [0.15, 0.2) is 5.58 Å². The van der Waals surface area contributed by atoms with Crippen LogP contribution in [0.1, 0.15) is 30.2 Å². The van der Waals surface area contributed by atoms with Crippen molar-refractivity contribution < 1.29 is 13.6 Å².